The monoisotopic (exact) mass is 402 g/mol. The van der Waals surface area contributed by atoms with Crippen LogP contribution in [0.1, 0.15) is 5.82 Å². The van der Waals surface area contributed by atoms with E-state index in [9.17, 15) is 18.8 Å². The van der Waals surface area contributed by atoms with E-state index >= 15 is 0 Å². The first kappa shape index (κ1) is 18.1. The molecule has 2 aliphatic rings. The Balaban J connectivity index is 1.76. The van der Waals surface area contributed by atoms with Gasteiger partial charge in [-0.05, 0) is 6.08 Å². The molecule has 1 unspecified atom stereocenters. The Hall–Kier alpha value is -2.74. The highest BCUT2D eigenvalue weighted by atomic mass is 32.2. The van der Waals surface area contributed by atoms with Gasteiger partial charge in [-0.15, -0.1) is 11.8 Å². The van der Waals surface area contributed by atoms with Crippen LogP contribution in [0.3, 0.4) is 0 Å². The summed E-state index contributed by atoms with van der Waals surface area (Å²) in [6, 6.07) is -0.970. The third-order valence-corrected chi connectivity index (χ3v) is 5.15. The van der Waals surface area contributed by atoms with Crippen molar-refractivity contribution in [2.75, 3.05) is 18.3 Å². The number of nitrogen functional groups attached to an aromatic ring is 1. The van der Waals surface area contributed by atoms with Crippen LogP contribution in [0.5, 0.6) is 0 Å². The minimum absolute atomic E-state index is 0.0608. The number of rotatable bonds is 6. The van der Waals surface area contributed by atoms with Crippen molar-refractivity contribution >= 4 is 51.9 Å². The predicted octanol–water partition coefficient (Wildman–Crippen LogP) is -0.864. The second kappa shape index (κ2) is 7.25. The Morgan fingerprint density at radius 1 is 1.58 bits per heavy atom. The minimum Gasteiger partial charge on any atom is -0.477 e. The fraction of sp³-hybridized carbons (Fsp3) is 0.333. The van der Waals surface area contributed by atoms with Crippen molar-refractivity contribution in [2.45, 2.75) is 11.4 Å². The lowest BCUT2D eigenvalue weighted by Crippen LogP contribution is -2.70. The second-order valence-corrected chi connectivity index (χ2v) is 6.85. The number of aliphatic carboxylic acids is 1. The van der Waals surface area contributed by atoms with Gasteiger partial charge in [0.25, 0.3) is 18.7 Å². The number of amides is 2. The van der Waals surface area contributed by atoms with Crippen LogP contribution in [0.15, 0.2) is 16.9 Å². The molecule has 2 atom stereocenters. The van der Waals surface area contributed by atoms with Crippen LogP contribution in [0.4, 0.5) is 9.52 Å². The molecule has 11 nitrogen and oxygen atoms in total. The van der Waals surface area contributed by atoms with E-state index < -0.39 is 41.8 Å². The third kappa shape index (κ3) is 3.20. The van der Waals surface area contributed by atoms with E-state index in [-0.39, 0.29) is 16.7 Å². The number of hydrogen-bond acceptors (Lipinski definition) is 10. The molecule has 14 heteroatoms. The smallest absolute Gasteiger partial charge is 0.352 e. The maximum Gasteiger partial charge on any atom is 0.352 e. The lowest BCUT2D eigenvalue weighted by Gasteiger charge is -2.48. The van der Waals surface area contributed by atoms with Crippen LogP contribution >= 0.6 is 23.3 Å². The maximum atomic E-state index is 12.4. The second-order valence-electron chi connectivity index (χ2n) is 4.91. The van der Waals surface area contributed by atoms with Crippen LogP contribution in [0, 0.1) is 0 Å². The standard InChI is InChI=1S/C12H11FN6O5S2/c13-3-24-17-5(7-16-12(14)26-18-7)8(20)15-6-9(21)19-4(11(22)23)1-2-25-10(6)19/h1,6,10H,2-3H2,(H,15,20)(H,22,23)(H2,14,16,18)/t6?,10-/m0/s1. The first-order valence-electron chi connectivity index (χ1n) is 6.98. The van der Waals surface area contributed by atoms with Gasteiger partial charge in [-0.1, -0.05) is 5.16 Å². The summed E-state index contributed by atoms with van der Waals surface area (Å²) in [5.74, 6) is -2.49. The Labute approximate surface area is 153 Å². The number of thioether (sulfide) groups is 1. The average Bonchev–Trinajstić information content (AvgIpc) is 3.05. The van der Waals surface area contributed by atoms with Gasteiger partial charge in [-0.3, -0.25) is 14.5 Å². The summed E-state index contributed by atoms with van der Waals surface area (Å²) in [6.07, 6.45) is 1.42. The van der Waals surface area contributed by atoms with Crippen LogP contribution in [-0.2, 0) is 19.2 Å². The highest BCUT2D eigenvalue weighted by molar-refractivity contribution is 8.00. The summed E-state index contributed by atoms with van der Waals surface area (Å²) in [6.45, 7) is -1.28. The van der Waals surface area contributed by atoms with Crippen molar-refractivity contribution in [1.29, 1.82) is 0 Å². The van der Waals surface area contributed by atoms with E-state index in [4.69, 9.17) is 10.8 Å². The van der Waals surface area contributed by atoms with Gasteiger partial charge in [0.05, 0.1) is 0 Å². The fourth-order valence-electron chi connectivity index (χ4n) is 2.35. The summed E-state index contributed by atoms with van der Waals surface area (Å²) < 4.78 is 16.0. The number of nitrogens with zero attached hydrogens (tertiary/aromatic N) is 4. The molecule has 0 bridgehead atoms. The molecule has 2 aliphatic heterocycles. The molecular formula is C12H11FN6O5S2. The summed E-state index contributed by atoms with van der Waals surface area (Å²) in [4.78, 5) is 45.0. The molecule has 0 saturated carbocycles. The van der Waals surface area contributed by atoms with Crippen LogP contribution in [0.25, 0.3) is 0 Å². The Morgan fingerprint density at radius 3 is 2.96 bits per heavy atom. The molecule has 1 fully saturated rings. The molecule has 3 heterocycles. The highest BCUT2D eigenvalue weighted by Gasteiger charge is 2.53. The van der Waals surface area contributed by atoms with E-state index in [0.717, 1.165) is 16.4 Å². The lowest BCUT2D eigenvalue weighted by molar-refractivity contribution is -0.150. The highest BCUT2D eigenvalue weighted by Crippen LogP contribution is 2.37. The molecule has 0 radical (unpaired) electrons. The number of nitrogens with one attached hydrogen (secondary N) is 1. The number of anilines is 1. The van der Waals surface area contributed by atoms with Crippen molar-refractivity contribution in [3.63, 3.8) is 0 Å². The number of fused-ring (bicyclic) bond motifs is 1. The molecule has 0 spiro atoms. The van der Waals surface area contributed by atoms with Crippen molar-refractivity contribution in [3.8, 4) is 0 Å². The number of hydrogen-bond donors (Lipinski definition) is 3. The van der Waals surface area contributed by atoms with Crippen molar-refractivity contribution < 1.29 is 28.7 Å². The zero-order valence-corrected chi connectivity index (χ0v) is 14.4. The first-order chi connectivity index (χ1) is 12.4. The number of carbonyl (C=O) groups excluding carboxylic acids is 2. The van der Waals surface area contributed by atoms with Crippen LogP contribution < -0.4 is 11.1 Å². The van der Waals surface area contributed by atoms with Gasteiger partial charge in [0.1, 0.15) is 17.1 Å². The molecular weight excluding hydrogens is 391 g/mol. The lowest BCUT2D eigenvalue weighted by atomic mass is 10.0. The van der Waals surface area contributed by atoms with E-state index in [1.54, 1.807) is 0 Å². The molecule has 26 heavy (non-hydrogen) atoms. The Morgan fingerprint density at radius 2 is 2.35 bits per heavy atom. The van der Waals surface area contributed by atoms with Gasteiger partial charge >= 0.3 is 5.97 Å². The van der Waals surface area contributed by atoms with Gasteiger partial charge in [-0.25, -0.2) is 9.18 Å². The van der Waals surface area contributed by atoms with Crippen molar-refractivity contribution in [3.05, 3.63) is 17.6 Å². The number of aromatic nitrogens is 2. The van der Waals surface area contributed by atoms with Crippen LogP contribution in [0.2, 0.25) is 0 Å². The number of nitrogens with two attached hydrogens (primary N) is 1. The zero-order chi connectivity index (χ0) is 18.8. The first-order valence-corrected chi connectivity index (χ1v) is 8.80. The minimum atomic E-state index is -1.28. The Bertz CT molecular complexity index is 827. The summed E-state index contributed by atoms with van der Waals surface area (Å²) in [5, 5.41) is 14.4. The van der Waals surface area contributed by atoms with Gasteiger partial charge in [0.2, 0.25) is 11.5 Å². The largest absolute Gasteiger partial charge is 0.477 e. The predicted molar refractivity (Wildman–Crippen MR) is 88.7 cm³/mol. The third-order valence-electron chi connectivity index (χ3n) is 3.43. The summed E-state index contributed by atoms with van der Waals surface area (Å²) >= 11 is 2.09. The average molecular weight is 402 g/mol. The van der Waals surface area contributed by atoms with Gasteiger partial charge in [0.15, 0.2) is 5.13 Å². The number of alkyl halides is 1. The number of carboxylic acids is 1. The van der Waals surface area contributed by atoms with Crippen molar-refractivity contribution in [2.24, 2.45) is 5.16 Å². The Kier molecular flexibility index (Phi) is 5.03. The number of β-lactam (4-membered cyclic amide) rings is 1. The zero-order valence-electron chi connectivity index (χ0n) is 12.8. The maximum absolute atomic E-state index is 12.4. The quantitative estimate of drug-likeness (QED) is 0.312. The van der Waals surface area contributed by atoms with Crippen molar-refractivity contribution in [1.82, 2.24) is 19.6 Å². The number of carbonyl (C=O) groups is 3. The molecule has 0 aromatic carbocycles. The van der Waals surface area contributed by atoms with E-state index in [2.05, 4.69) is 24.7 Å². The van der Waals surface area contributed by atoms with Gasteiger partial charge in [0, 0.05) is 17.3 Å². The number of oxime groups is 1. The van der Waals surface area contributed by atoms with E-state index in [0.29, 0.717) is 5.75 Å². The molecule has 3 rings (SSSR count). The van der Waals surface area contributed by atoms with Crippen LogP contribution in [-0.4, -0.2) is 66.9 Å². The molecule has 4 N–H and O–H groups in total. The molecule has 1 aromatic rings. The molecule has 138 valence electrons. The summed E-state index contributed by atoms with van der Waals surface area (Å²) in [7, 11) is 0. The molecule has 1 saturated heterocycles. The molecule has 1 aromatic heterocycles. The molecule has 0 aliphatic carbocycles. The van der Waals surface area contributed by atoms with Gasteiger partial charge < -0.3 is 21.0 Å². The number of carboxylic acid groups (broad SMARTS) is 1. The van der Waals surface area contributed by atoms with E-state index in [1.807, 2.05) is 0 Å². The normalized spacial score (nSPS) is 22.2. The van der Waals surface area contributed by atoms with Gasteiger partial charge in [-0.2, -0.15) is 9.36 Å². The molecule has 2 amide bonds. The topological polar surface area (TPSA) is 160 Å². The fourth-order valence-corrected chi connectivity index (χ4v) is 3.98. The summed E-state index contributed by atoms with van der Waals surface area (Å²) in [5.41, 5.74) is 4.88. The SMILES string of the molecule is Nc1nc(C(=NOCF)C(=O)NC2C(=O)N3C(C(=O)O)=CCS[C@@H]23)ns1. The number of halogens is 1. The van der Waals surface area contributed by atoms with E-state index in [1.165, 1.54) is 17.8 Å².